The molecule has 1 aromatic rings. The van der Waals surface area contributed by atoms with E-state index < -0.39 is 0 Å². The van der Waals surface area contributed by atoms with Crippen LogP contribution in [-0.4, -0.2) is 35.5 Å². The van der Waals surface area contributed by atoms with Crippen molar-refractivity contribution in [1.82, 2.24) is 9.88 Å². The predicted octanol–water partition coefficient (Wildman–Crippen LogP) is 2.30. The van der Waals surface area contributed by atoms with E-state index in [1.54, 1.807) is 0 Å². The molecule has 0 N–H and O–H groups in total. The highest BCUT2D eigenvalue weighted by atomic mass is 16.5. The molecule has 0 aromatic carbocycles. The van der Waals surface area contributed by atoms with Crippen LogP contribution in [0.4, 0.5) is 0 Å². The van der Waals surface area contributed by atoms with E-state index in [1.165, 1.54) is 11.3 Å². The molecule has 2 rings (SSSR count). The molecular formula is C16H24N2O2. The third kappa shape index (κ3) is 3.57. The smallest absolute Gasteiger partial charge is 0.320 e. The van der Waals surface area contributed by atoms with Crippen molar-refractivity contribution in [2.45, 2.75) is 46.1 Å². The molecule has 1 aliphatic rings. The molecule has 2 heterocycles. The minimum absolute atomic E-state index is 0.0805. The van der Waals surface area contributed by atoms with Crippen LogP contribution in [0.15, 0.2) is 12.1 Å². The van der Waals surface area contributed by atoms with Gasteiger partial charge in [-0.3, -0.25) is 14.7 Å². The number of hydrogen-bond acceptors (Lipinski definition) is 4. The van der Waals surface area contributed by atoms with Gasteiger partial charge in [-0.1, -0.05) is 26.8 Å². The second-order valence-corrected chi connectivity index (χ2v) is 6.32. The van der Waals surface area contributed by atoms with Crippen LogP contribution >= 0.6 is 0 Å². The second-order valence-electron chi connectivity index (χ2n) is 6.32. The van der Waals surface area contributed by atoms with Gasteiger partial charge in [0, 0.05) is 36.3 Å². The molecule has 0 radical (unpaired) electrons. The maximum absolute atomic E-state index is 11.5. The Morgan fingerprint density at radius 1 is 1.40 bits per heavy atom. The molecule has 0 aliphatic carbocycles. The van der Waals surface area contributed by atoms with E-state index >= 15 is 0 Å². The molecule has 0 fully saturated rings. The van der Waals surface area contributed by atoms with Gasteiger partial charge in [0.05, 0.1) is 13.2 Å². The molecule has 0 atom stereocenters. The number of aromatic nitrogens is 1. The van der Waals surface area contributed by atoms with Gasteiger partial charge in [0.15, 0.2) is 0 Å². The van der Waals surface area contributed by atoms with E-state index in [4.69, 9.17) is 9.72 Å². The number of ether oxygens (including phenoxy) is 1. The number of fused-ring (bicyclic) bond motifs is 1. The summed E-state index contributed by atoms with van der Waals surface area (Å²) in [5.41, 5.74) is 3.62. The number of esters is 1. The quantitative estimate of drug-likeness (QED) is 0.795. The van der Waals surface area contributed by atoms with Gasteiger partial charge in [-0.2, -0.15) is 0 Å². The zero-order valence-corrected chi connectivity index (χ0v) is 12.9. The Labute approximate surface area is 121 Å². The first-order valence-corrected chi connectivity index (χ1v) is 7.27. The first-order valence-electron chi connectivity index (χ1n) is 7.27. The summed E-state index contributed by atoms with van der Waals surface area (Å²) in [5.74, 6) is -0.143. The fourth-order valence-electron chi connectivity index (χ4n) is 2.42. The third-order valence-electron chi connectivity index (χ3n) is 3.55. The number of carbonyl (C=O) groups is 1. The maximum atomic E-state index is 11.5. The van der Waals surface area contributed by atoms with Gasteiger partial charge in [0.25, 0.3) is 0 Å². The molecule has 110 valence electrons. The van der Waals surface area contributed by atoms with Crippen molar-refractivity contribution in [1.29, 1.82) is 0 Å². The van der Waals surface area contributed by atoms with Gasteiger partial charge in [0.2, 0.25) is 0 Å². The lowest BCUT2D eigenvalue weighted by atomic mass is 9.90. The summed E-state index contributed by atoms with van der Waals surface area (Å²) < 4.78 is 5.00. The summed E-state index contributed by atoms with van der Waals surface area (Å²) in [6, 6.07) is 4.26. The van der Waals surface area contributed by atoms with Gasteiger partial charge in [-0.05, 0) is 18.6 Å². The van der Waals surface area contributed by atoms with Gasteiger partial charge in [-0.25, -0.2) is 0 Å². The lowest BCUT2D eigenvalue weighted by Crippen LogP contribution is -2.36. The lowest BCUT2D eigenvalue weighted by molar-refractivity contribution is -0.144. The van der Waals surface area contributed by atoms with E-state index in [0.29, 0.717) is 13.2 Å². The summed E-state index contributed by atoms with van der Waals surface area (Å²) in [6.07, 6.45) is 0.901. The topological polar surface area (TPSA) is 42.4 Å². The van der Waals surface area contributed by atoms with Crippen LogP contribution in [-0.2, 0) is 27.9 Å². The fourth-order valence-corrected chi connectivity index (χ4v) is 2.42. The molecule has 4 heteroatoms. The Hall–Kier alpha value is -1.42. The molecule has 0 saturated carbocycles. The van der Waals surface area contributed by atoms with E-state index in [2.05, 4.69) is 37.8 Å². The Morgan fingerprint density at radius 3 is 2.80 bits per heavy atom. The van der Waals surface area contributed by atoms with Gasteiger partial charge in [0.1, 0.15) is 0 Å². The van der Waals surface area contributed by atoms with Crippen molar-refractivity contribution in [2.75, 3.05) is 19.7 Å². The highest BCUT2D eigenvalue weighted by Crippen LogP contribution is 2.24. The van der Waals surface area contributed by atoms with Crippen molar-refractivity contribution in [3.63, 3.8) is 0 Å². The Bertz CT molecular complexity index is 492. The summed E-state index contributed by atoms with van der Waals surface area (Å²) >= 11 is 0. The molecule has 1 aromatic heterocycles. The molecule has 0 amide bonds. The number of pyridine rings is 1. The molecular weight excluding hydrogens is 252 g/mol. The average molecular weight is 276 g/mol. The van der Waals surface area contributed by atoms with E-state index in [1.807, 2.05) is 6.92 Å². The van der Waals surface area contributed by atoms with Crippen LogP contribution in [0.25, 0.3) is 0 Å². The predicted molar refractivity (Wildman–Crippen MR) is 78.6 cm³/mol. The molecule has 0 spiro atoms. The van der Waals surface area contributed by atoms with Crippen molar-refractivity contribution < 1.29 is 9.53 Å². The number of nitrogens with zero attached hydrogens (tertiary/aromatic N) is 2. The molecule has 20 heavy (non-hydrogen) atoms. The van der Waals surface area contributed by atoms with Crippen molar-refractivity contribution in [2.24, 2.45) is 0 Å². The van der Waals surface area contributed by atoms with Crippen LogP contribution in [0, 0.1) is 0 Å². The van der Waals surface area contributed by atoms with Crippen LogP contribution < -0.4 is 0 Å². The monoisotopic (exact) mass is 276 g/mol. The molecule has 1 aliphatic heterocycles. The first kappa shape index (κ1) is 15.0. The van der Waals surface area contributed by atoms with Crippen molar-refractivity contribution >= 4 is 5.97 Å². The minimum atomic E-state index is -0.143. The van der Waals surface area contributed by atoms with Gasteiger partial charge >= 0.3 is 5.97 Å². The molecule has 0 saturated heterocycles. The van der Waals surface area contributed by atoms with E-state index in [0.717, 1.165) is 25.2 Å². The Balaban J connectivity index is 2.06. The zero-order valence-electron chi connectivity index (χ0n) is 12.9. The van der Waals surface area contributed by atoms with Crippen LogP contribution in [0.1, 0.15) is 44.6 Å². The van der Waals surface area contributed by atoms with Gasteiger partial charge < -0.3 is 4.74 Å². The Kier molecular flexibility index (Phi) is 4.43. The summed E-state index contributed by atoms with van der Waals surface area (Å²) in [7, 11) is 0. The Morgan fingerprint density at radius 2 is 2.15 bits per heavy atom. The third-order valence-corrected chi connectivity index (χ3v) is 3.55. The van der Waals surface area contributed by atoms with E-state index in [9.17, 15) is 4.79 Å². The zero-order chi connectivity index (χ0) is 14.8. The highest BCUT2D eigenvalue weighted by Gasteiger charge is 2.22. The van der Waals surface area contributed by atoms with Crippen molar-refractivity contribution in [3.05, 3.63) is 29.1 Å². The van der Waals surface area contributed by atoms with Crippen LogP contribution in [0.3, 0.4) is 0 Å². The fraction of sp³-hybridized carbons (Fsp3) is 0.625. The lowest BCUT2D eigenvalue weighted by Gasteiger charge is -2.28. The normalized spacial score (nSPS) is 15.8. The molecule has 4 nitrogen and oxygen atoms in total. The summed E-state index contributed by atoms with van der Waals surface area (Å²) in [6.45, 7) is 10.8. The largest absolute Gasteiger partial charge is 0.465 e. The highest BCUT2D eigenvalue weighted by molar-refractivity contribution is 5.71. The summed E-state index contributed by atoms with van der Waals surface area (Å²) in [5, 5.41) is 0. The molecule has 0 unspecified atom stereocenters. The SMILES string of the molecule is CCOC(=O)CN1CCc2nc(C(C)(C)C)ccc2C1. The number of rotatable bonds is 3. The van der Waals surface area contributed by atoms with Crippen molar-refractivity contribution in [3.8, 4) is 0 Å². The number of carbonyl (C=O) groups excluding carboxylic acids is 1. The van der Waals surface area contributed by atoms with Crippen LogP contribution in [0.5, 0.6) is 0 Å². The summed E-state index contributed by atoms with van der Waals surface area (Å²) in [4.78, 5) is 18.4. The standard InChI is InChI=1S/C16H24N2O2/c1-5-20-15(19)11-18-9-8-13-12(10-18)6-7-14(17-13)16(2,3)4/h6-7H,5,8-11H2,1-4H3. The molecule has 0 bridgehead atoms. The second kappa shape index (κ2) is 5.92. The number of hydrogen-bond donors (Lipinski definition) is 0. The minimum Gasteiger partial charge on any atom is -0.465 e. The first-order chi connectivity index (χ1) is 9.40. The van der Waals surface area contributed by atoms with Crippen LogP contribution in [0.2, 0.25) is 0 Å². The van der Waals surface area contributed by atoms with E-state index in [-0.39, 0.29) is 11.4 Å². The average Bonchev–Trinajstić information content (AvgIpc) is 2.37. The van der Waals surface area contributed by atoms with Gasteiger partial charge in [-0.15, -0.1) is 0 Å². The maximum Gasteiger partial charge on any atom is 0.320 e.